The number of anilines is 1. The van der Waals surface area contributed by atoms with Crippen molar-refractivity contribution in [3.63, 3.8) is 0 Å². The molecule has 0 unspecified atom stereocenters. The molecule has 2 aromatic carbocycles. The third-order valence-electron chi connectivity index (χ3n) is 3.23. The molecule has 0 aliphatic rings. The summed E-state index contributed by atoms with van der Waals surface area (Å²) >= 11 is 5.84. The van der Waals surface area contributed by atoms with E-state index < -0.39 is 0 Å². The fourth-order valence-corrected chi connectivity index (χ4v) is 2.06. The van der Waals surface area contributed by atoms with Gasteiger partial charge in [0.2, 0.25) is 0 Å². The van der Waals surface area contributed by atoms with Gasteiger partial charge in [-0.1, -0.05) is 49.7 Å². The van der Waals surface area contributed by atoms with E-state index in [1.165, 1.54) is 5.56 Å². The topological polar surface area (TPSA) is 47.9 Å². The minimum absolute atomic E-state index is 0.280. The maximum absolute atomic E-state index is 7.91. The van der Waals surface area contributed by atoms with Crippen LogP contribution < -0.4 is 10.6 Å². The molecule has 0 aromatic heterocycles. The smallest absolute Gasteiger partial charge is 0.193 e. The van der Waals surface area contributed by atoms with Gasteiger partial charge in [0.15, 0.2) is 5.96 Å². The predicted molar refractivity (Wildman–Crippen MR) is 90.2 cm³/mol. The second-order valence-electron chi connectivity index (χ2n) is 5.26. The number of benzene rings is 2. The van der Waals surface area contributed by atoms with E-state index in [2.05, 4.69) is 36.6 Å². The second-order valence-corrected chi connectivity index (χ2v) is 5.69. The number of rotatable bonds is 4. The van der Waals surface area contributed by atoms with Crippen molar-refractivity contribution in [2.45, 2.75) is 26.3 Å². The molecule has 0 fully saturated rings. The summed E-state index contributed by atoms with van der Waals surface area (Å²) in [6, 6.07) is 15.7. The molecule has 0 heterocycles. The Hall–Kier alpha value is -2.00. The lowest BCUT2D eigenvalue weighted by Crippen LogP contribution is -2.28. The van der Waals surface area contributed by atoms with Crippen LogP contribution in [0, 0.1) is 5.41 Å². The van der Waals surface area contributed by atoms with Crippen molar-refractivity contribution in [3.05, 3.63) is 64.7 Å². The Morgan fingerprint density at radius 2 is 1.67 bits per heavy atom. The zero-order chi connectivity index (χ0) is 15.2. The Balaban J connectivity index is 1.85. The highest BCUT2D eigenvalue weighted by Gasteiger charge is 2.01. The van der Waals surface area contributed by atoms with E-state index >= 15 is 0 Å². The van der Waals surface area contributed by atoms with Crippen molar-refractivity contribution in [1.82, 2.24) is 5.32 Å². The SMILES string of the molecule is CC(C)c1ccc(NC(=N)NCc2ccc(Cl)cc2)cc1. The summed E-state index contributed by atoms with van der Waals surface area (Å²) in [6.45, 7) is 4.92. The quantitative estimate of drug-likeness (QED) is 0.571. The van der Waals surface area contributed by atoms with Gasteiger partial charge in [-0.15, -0.1) is 0 Å². The van der Waals surface area contributed by atoms with Gasteiger partial charge in [0.05, 0.1) is 0 Å². The molecule has 0 spiro atoms. The fourth-order valence-electron chi connectivity index (χ4n) is 1.93. The molecule has 0 saturated heterocycles. The molecule has 0 saturated carbocycles. The number of nitrogens with one attached hydrogen (secondary N) is 3. The van der Waals surface area contributed by atoms with E-state index in [1.807, 2.05) is 36.4 Å². The minimum atomic E-state index is 0.280. The van der Waals surface area contributed by atoms with Crippen LogP contribution in [0.2, 0.25) is 5.02 Å². The van der Waals surface area contributed by atoms with Crippen LogP contribution in [0.4, 0.5) is 5.69 Å². The highest BCUT2D eigenvalue weighted by atomic mass is 35.5. The number of hydrogen-bond acceptors (Lipinski definition) is 1. The summed E-state index contributed by atoms with van der Waals surface area (Å²) < 4.78 is 0. The summed E-state index contributed by atoms with van der Waals surface area (Å²) in [5, 5.41) is 14.7. The largest absolute Gasteiger partial charge is 0.352 e. The summed E-state index contributed by atoms with van der Waals surface area (Å²) in [4.78, 5) is 0. The van der Waals surface area contributed by atoms with Crippen LogP contribution in [-0.2, 0) is 6.54 Å². The molecule has 4 heteroatoms. The van der Waals surface area contributed by atoms with Gasteiger partial charge < -0.3 is 10.6 Å². The first-order valence-corrected chi connectivity index (χ1v) is 7.36. The first kappa shape index (κ1) is 15.4. The molecule has 0 aliphatic carbocycles. The van der Waals surface area contributed by atoms with E-state index in [-0.39, 0.29) is 5.96 Å². The van der Waals surface area contributed by atoms with Crippen molar-refractivity contribution in [2.24, 2.45) is 0 Å². The van der Waals surface area contributed by atoms with E-state index in [1.54, 1.807) is 0 Å². The molecule has 0 atom stereocenters. The maximum atomic E-state index is 7.91. The lowest BCUT2D eigenvalue weighted by atomic mass is 10.0. The lowest BCUT2D eigenvalue weighted by Gasteiger charge is -2.12. The van der Waals surface area contributed by atoms with E-state index in [0.717, 1.165) is 16.3 Å². The molecule has 0 bridgehead atoms. The van der Waals surface area contributed by atoms with Crippen LogP contribution in [0.15, 0.2) is 48.5 Å². The van der Waals surface area contributed by atoms with Crippen LogP contribution in [0.3, 0.4) is 0 Å². The van der Waals surface area contributed by atoms with Crippen molar-refractivity contribution < 1.29 is 0 Å². The molecule has 0 aliphatic heterocycles. The minimum Gasteiger partial charge on any atom is -0.352 e. The Bertz CT molecular complexity index is 588. The van der Waals surface area contributed by atoms with Gasteiger partial charge in [-0.25, -0.2) is 0 Å². The summed E-state index contributed by atoms with van der Waals surface area (Å²) in [7, 11) is 0. The monoisotopic (exact) mass is 301 g/mol. The fraction of sp³-hybridized carbons (Fsp3) is 0.235. The average molecular weight is 302 g/mol. The molecule has 2 aromatic rings. The third kappa shape index (κ3) is 4.80. The number of hydrogen-bond donors (Lipinski definition) is 3. The molecule has 3 N–H and O–H groups in total. The van der Waals surface area contributed by atoms with Gasteiger partial charge in [0, 0.05) is 17.3 Å². The van der Waals surface area contributed by atoms with Gasteiger partial charge in [0.25, 0.3) is 0 Å². The maximum Gasteiger partial charge on any atom is 0.193 e. The first-order valence-electron chi connectivity index (χ1n) is 6.98. The molecular weight excluding hydrogens is 282 g/mol. The lowest BCUT2D eigenvalue weighted by molar-refractivity contribution is 0.867. The van der Waals surface area contributed by atoms with E-state index in [0.29, 0.717) is 12.5 Å². The van der Waals surface area contributed by atoms with Gasteiger partial charge in [-0.3, -0.25) is 5.41 Å². The Morgan fingerprint density at radius 1 is 1.05 bits per heavy atom. The molecule has 110 valence electrons. The van der Waals surface area contributed by atoms with Crippen LogP contribution >= 0.6 is 11.6 Å². The Morgan fingerprint density at radius 3 is 2.24 bits per heavy atom. The first-order chi connectivity index (χ1) is 10.0. The normalized spacial score (nSPS) is 10.5. The molecule has 21 heavy (non-hydrogen) atoms. The van der Waals surface area contributed by atoms with Gasteiger partial charge in [0.1, 0.15) is 0 Å². The molecule has 0 amide bonds. The Kier molecular flexibility index (Phi) is 5.23. The average Bonchev–Trinajstić information content (AvgIpc) is 2.47. The van der Waals surface area contributed by atoms with Crippen LogP contribution in [0.5, 0.6) is 0 Å². The van der Waals surface area contributed by atoms with Gasteiger partial charge >= 0.3 is 0 Å². The summed E-state index contributed by atoms with van der Waals surface area (Å²) in [6.07, 6.45) is 0. The van der Waals surface area contributed by atoms with Crippen LogP contribution in [-0.4, -0.2) is 5.96 Å². The molecule has 3 nitrogen and oxygen atoms in total. The second kappa shape index (κ2) is 7.14. The summed E-state index contributed by atoms with van der Waals surface area (Å²) in [5.74, 6) is 0.795. The zero-order valence-electron chi connectivity index (χ0n) is 12.3. The number of guanidine groups is 1. The van der Waals surface area contributed by atoms with E-state index in [9.17, 15) is 0 Å². The Labute approximate surface area is 130 Å². The van der Waals surface area contributed by atoms with Gasteiger partial charge in [-0.05, 0) is 41.3 Å². The zero-order valence-corrected chi connectivity index (χ0v) is 13.0. The summed E-state index contributed by atoms with van der Waals surface area (Å²) in [5.41, 5.74) is 3.29. The molecule has 0 radical (unpaired) electrons. The highest BCUT2D eigenvalue weighted by molar-refractivity contribution is 6.30. The predicted octanol–water partition coefficient (Wildman–Crippen LogP) is 4.60. The number of halogens is 1. The standard InChI is InChI=1S/C17H20ClN3/c1-12(2)14-5-9-16(10-6-14)21-17(19)20-11-13-3-7-15(18)8-4-13/h3-10,12H,11H2,1-2H3,(H3,19,20,21). The van der Waals surface area contributed by atoms with Crippen molar-refractivity contribution >= 4 is 23.2 Å². The van der Waals surface area contributed by atoms with Crippen LogP contribution in [0.25, 0.3) is 0 Å². The van der Waals surface area contributed by atoms with Crippen LogP contribution in [0.1, 0.15) is 30.9 Å². The van der Waals surface area contributed by atoms with E-state index in [4.69, 9.17) is 17.0 Å². The van der Waals surface area contributed by atoms with Gasteiger partial charge in [-0.2, -0.15) is 0 Å². The van der Waals surface area contributed by atoms with Crippen molar-refractivity contribution in [1.29, 1.82) is 5.41 Å². The molecular formula is C17H20ClN3. The van der Waals surface area contributed by atoms with Crippen molar-refractivity contribution in [3.8, 4) is 0 Å². The van der Waals surface area contributed by atoms with Crippen molar-refractivity contribution in [2.75, 3.05) is 5.32 Å². The third-order valence-corrected chi connectivity index (χ3v) is 3.48. The highest BCUT2D eigenvalue weighted by Crippen LogP contribution is 2.17. The molecule has 2 rings (SSSR count).